The Morgan fingerprint density at radius 1 is 1.40 bits per heavy atom. The summed E-state index contributed by atoms with van der Waals surface area (Å²) in [7, 11) is -4.37. The fourth-order valence-corrected chi connectivity index (χ4v) is 3.35. The van der Waals surface area contributed by atoms with Crippen molar-refractivity contribution < 1.29 is 21.6 Å². The first-order valence-electron chi connectivity index (χ1n) is 5.57. The molecule has 0 fully saturated rings. The van der Waals surface area contributed by atoms with Crippen molar-refractivity contribution in [3.05, 3.63) is 29.8 Å². The molecule has 1 unspecified atom stereocenters. The molecule has 20 heavy (non-hydrogen) atoms. The number of benzene rings is 1. The zero-order valence-corrected chi connectivity index (χ0v) is 12.1. The summed E-state index contributed by atoms with van der Waals surface area (Å²) in [4.78, 5) is -0.970. The average Bonchev–Trinajstić information content (AvgIpc) is 2.34. The maximum Gasteiger partial charge on any atom is 0.417 e. The summed E-state index contributed by atoms with van der Waals surface area (Å²) in [5.41, 5.74) is 4.11. The van der Waals surface area contributed by atoms with Gasteiger partial charge in [-0.05, 0) is 18.6 Å². The lowest BCUT2D eigenvalue weighted by Crippen LogP contribution is -2.43. The molecule has 1 aromatic carbocycles. The zero-order valence-electron chi connectivity index (χ0n) is 10.4. The summed E-state index contributed by atoms with van der Waals surface area (Å²) in [5, 5.41) is 0. The van der Waals surface area contributed by atoms with E-state index >= 15 is 0 Å². The van der Waals surface area contributed by atoms with Gasteiger partial charge in [0.1, 0.15) is 0 Å². The molecule has 0 saturated heterocycles. The summed E-state index contributed by atoms with van der Waals surface area (Å²) in [5.74, 6) is 0. The van der Waals surface area contributed by atoms with Crippen LogP contribution in [-0.4, -0.2) is 19.4 Å². The molecular weight excluding hydrogens is 313 g/mol. The van der Waals surface area contributed by atoms with Gasteiger partial charge in [0.05, 0.1) is 21.5 Å². The summed E-state index contributed by atoms with van der Waals surface area (Å²) >= 11 is 4.67. The van der Waals surface area contributed by atoms with Crippen LogP contribution in [0.25, 0.3) is 0 Å². The molecule has 0 aliphatic rings. The molecule has 0 saturated carbocycles. The molecule has 0 bridgehead atoms. The van der Waals surface area contributed by atoms with Crippen LogP contribution in [0, 0.1) is 0 Å². The van der Waals surface area contributed by atoms with E-state index in [1.807, 2.05) is 0 Å². The van der Waals surface area contributed by atoms with E-state index in [9.17, 15) is 21.6 Å². The Bertz CT molecular complexity index is 600. The number of thiocarbonyl (C=S) groups is 1. The average molecular weight is 326 g/mol. The van der Waals surface area contributed by atoms with Gasteiger partial charge in [-0.1, -0.05) is 31.3 Å². The fourth-order valence-electron chi connectivity index (χ4n) is 1.53. The van der Waals surface area contributed by atoms with E-state index in [-0.39, 0.29) is 11.4 Å². The quantitative estimate of drug-likeness (QED) is 0.812. The minimum absolute atomic E-state index is 0.124. The first-order chi connectivity index (χ1) is 9.09. The van der Waals surface area contributed by atoms with Gasteiger partial charge in [-0.2, -0.15) is 13.2 Å². The highest BCUT2D eigenvalue weighted by Crippen LogP contribution is 2.33. The molecule has 1 rings (SSSR count). The minimum Gasteiger partial charge on any atom is -0.392 e. The number of sulfonamides is 1. The van der Waals surface area contributed by atoms with Crippen LogP contribution in [-0.2, 0) is 16.2 Å². The first kappa shape index (κ1) is 16.9. The van der Waals surface area contributed by atoms with Crippen molar-refractivity contribution in [3.63, 3.8) is 0 Å². The molecule has 0 aliphatic carbocycles. The van der Waals surface area contributed by atoms with Crippen molar-refractivity contribution in [2.45, 2.75) is 30.5 Å². The zero-order chi connectivity index (χ0) is 15.6. The standard InChI is InChI=1S/C11H13F3N2O2S2/c1-2-8(10(15)19)16-20(17,18)9-6-4-3-5-7(9)11(12,13)14/h3-6,8,16H,2H2,1H3,(H2,15,19). The van der Waals surface area contributed by atoms with Crippen molar-refractivity contribution in [2.75, 3.05) is 0 Å². The number of hydrogen-bond acceptors (Lipinski definition) is 3. The van der Waals surface area contributed by atoms with Crippen LogP contribution in [0.1, 0.15) is 18.9 Å². The molecule has 3 N–H and O–H groups in total. The van der Waals surface area contributed by atoms with E-state index in [1.165, 1.54) is 6.07 Å². The molecule has 1 aromatic rings. The Kier molecular flexibility index (Phi) is 5.11. The fraction of sp³-hybridized carbons (Fsp3) is 0.364. The molecule has 0 aliphatic heterocycles. The van der Waals surface area contributed by atoms with Crippen LogP contribution >= 0.6 is 12.2 Å². The molecular formula is C11H13F3N2O2S2. The van der Waals surface area contributed by atoms with E-state index in [4.69, 9.17) is 5.73 Å². The summed E-state index contributed by atoms with van der Waals surface area (Å²) in [6.45, 7) is 1.61. The van der Waals surface area contributed by atoms with Crippen LogP contribution in [0.5, 0.6) is 0 Å². The van der Waals surface area contributed by atoms with E-state index in [0.29, 0.717) is 6.07 Å². The molecule has 0 amide bonds. The Labute approximate surface area is 120 Å². The van der Waals surface area contributed by atoms with Gasteiger partial charge in [-0.3, -0.25) is 0 Å². The Morgan fingerprint density at radius 2 is 1.95 bits per heavy atom. The van der Waals surface area contributed by atoms with Gasteiger partial charge in [-0.15, -0.1) is 0 Å². The maximum absolute atomic E-state index is 12.8. The highest BCUT2D eigenvalue weighted by Gasteiger charge is 2.37. The number of halogens is 3. The summed E-state index contributed by atoms with van der Waals surface area (Å²) in [6, 6.07) is 3.03. The van der Waals surface area contributed by atoms with Gasteiger partial charge in [0.15, 0.2) is 0 Å². The third-order valence-corrected chi connectivity index (χ3v) is 4.35. The van der Waals surface area contributed by atoms with Gasteiger partial charge in [0, 0.05) is 0 Å². The Morgan fingerprint density at radius 3 is 2.40 bits per heavy atom. The van der Waals surface area contributed by atoms with Crippen molar-refractivity contribution >= 4 is 27.2 Å². The first-order valence-corrected chi connectivity index (χ1v) is 7.46. The van der Waals surface area contributed by atoms with Crippen molar-refractivity contribution in [1.82, 2.24) is 4.72 Å². The maximum atomic E-state index is 12.8. The van der Waals surface area contributed by atoms with Gasteiger partial charge < -0.3 is 5.73 Å². The number of rotatable bonds is 5. The topological polar surface area (TPSA) is 72.2 Å². The van der Waals surface area contributed by atoms with E-state index < -0.39 is 32.7 Å². The highest BCUT2D eigenvalue weighted by molar-refractivity contribution is 7.89. The second-order valence-corrected chi connectivity index (χ2v) is 6.13. The van der Waals surface area contributed by atoms with Gasteiger partial charge >= 0.3 is 6.18 Å². The third kappa shape index (κ3) is 3.90. The Balaban J connectivity index is 3.27. The minimum atomic E-state index is -4.77. The Hall–Kier alpha value is -1.19. The van der Waals surface area contributed by atoms with Gasteiger partial charge in [0.2, 0.25) is 10.0 Å². The van der Waals surface area contributed by atoms with E-state index in [1.54, 1.807) is 6.92 Å². The van der Waals surface area contributed by atoms with E-state index in [2.05, 4.69) is 16.9 Å². The number of alkyl halides is 3. The molecule has 112 valence electrons. The van der Waals surface area contributed by atoms with Crippen molar-refractivity contribution in [2.24, 2.45) is 5.73 Å². The molecule has 0 spiro atoms. The predicted octanol–water partition coefficient (Wildman–Crippen LogP) is 2.05. The van der Waals surface area contributed by atoms with Crippen LogP contribution < -0.4 is 10.5 Å². The second-order valence-electron chi connectivity index (χ2n) is 3.98. The molecule has 0 heterocycles. The predicted molar refractivity (Wildman–Crippen MR) is 72.6 cm³/mol. The number of hydrogen-bond donors (Lipinski definition) is 2. The third-order valence-electron chi connectivity index (χ3n) is 2.53. The number of nitrogens with one attached hydrogen (secondary N) is 1. The summed E-state index contributed by atoms with van der Waals surface area (Å²) in [6.07, 6.45) is -4.53. The molecule has 0 aromatic heterocycles. The molecule has 4 nitrogen and oxygen atoms in total. The largest absolute Gasteiger partial charge is 0.417 e. The lowest BCUT2D eigenvalue weighted by atomic mass is 10.2. The van der Waals surface area contributed by atoms with Gasteiger partial charge in [0.25, 0.3) is 0 Å². The smallest absolute Gasteiger partial charge is 0.392 e. The lowest BCUT2D eigenvalue weighted by Gasteiger charge is -2.18. The van der Waals surface area contributed by atoms with E-state index in [0.717, 1.165) is 12.1 Å². The van der Waals surface area contributed by atoms with Crippen LogP contribution in [0.3, 0.4) is 0 Å². The summed E-state index contributed by atoms with van der Waals surface area (Å²) < 4.78 is 64.6. The van der Waals surface area contributed by atoms with Crippen molar-refractivity contribution in [1.29, 1.82) is 0 Å². The van der Waals surface area contributed by atoms with Gasteiger partial charge in [-0.25, -0.2) is 13.1 Å². The van der Waals surface area contributed by atoms with Crippen molar-refractivity contribution in [3.8, 4) is 0 Å². The highest BCUT2D eigenvalue weighted by atomic mass is 32.2. The van der Waals surface area contributed by atoms with Crippen LogP contribution in [0.15, 0.2) is 29.2 Å². The normalized spacial score (nSPS) is 14.0. The van der Waals surface area contributed by atoms with Crippen LogP contribution in [0.2, 0.25) is 0 Å². The molecule has 0 radical (unpaired) electrons. The molecule has 1 atom stereocenters. The van der Waals surface area contributed by atoms with Crippen LogP contribution in [0.4, 0.5) is 13.2 Å². The monoisotopic (exact) mass is 326 g/mol. The lowest BCUT2D eigenvalue weighted by molar-refractivity contribution is -0.139. The SMILES string of the molecule is CCC(NS(=O)(=O)c1ccccc1C(F)(F)F)C(N)=S. The number of nitrogens with two attached hydrogens (primary N) is 1. The second kappa shape index (κ2) is 6.06. The molecule has 9 heteroatoms.